The summed E-state index contributed by atoms with van der Waals surface area (Å²) >= 11 is 3.52. The summed E-state index contributed by atoms with van der Waals surface area (Å²) in [5.41, 5.74) is 38.3. The van der Waals surface area contributed by atoms with Gasteiger partial charge in [0.2, 0.25) is 0 Å². The monoisotopic (exact) mass is 1630 g/mol. The Morgan fingerprint density at radius 1 is 0.322 bits per heavy atom. The summed E-state index contributed by atoms with van der Waals surface area (Å²) in [6.45, 7) is 43.9. The highest BCUT2D eigenvalue weighted by Crippen LogP contribution is 2.41. The number of phenolic OH excluding ortho intramolecular Hbond substituents is 1. The molecule has 118 heavy (non-hydrogen) atoms. The molecular formula is C100H106BBrN10O6. The van der Waals surface area contributed by atoms with E-state index in [1.807, 2.05) is 157 Å². The summed E-state index contributed by atoms with van der Waals surface area (Å²) < 4.78 is 28.2. The number of methoxy groups -OCH3 is 2. The van der Waals surface area contributed by atoms with E-state index < -0.39 is 7.12 Å². The van der Waals surface area contributed by atoms with Gasteiger partial charge in [-0.3, -0.25) is 4.57 Å². The van der Waals surface area contributed by atoms with E-state index in [4.69, 9.17) is 44.5 Å². The van der Waals surface area contributed by atoms with Crippen molar-refractivity contribution < 1.29 is 29.4 Å². The standard InChI is InChI=1S/C38H34N4O.C21H24N2O.C20H22N2O.C12H13BrN2O.C9H13BO2/c1-23-16-17-39-36(20-23)41-34-13-8-7-12-32(34)33-15-14-31(22-35(33)41)43-30-11-9-10-29(21-30)42-28(6)38(27(5)40-42)37-25(3)18-24(2)19-26(37)4;1-13-10-14(2)20(15(3)11-13)21-16(4)22-23(17(21)5)18-8-7-9-19(12-18)24-6;1-12-9-13(2)19(14(3)10-12)20-15(4)21-22(16(20)5)17-7-6-8-18(23)11-17;1-8-12(13)9(2)15(14-8)10-5-4-6-11(7-10)16-3;1-6-4-7(2)9(10(11)12)8(3)5-6/h7-22H,1-6H3;7-12H,1-6H3;6-11,23H,1-5H3;4-7H,1-3H3;4-5,11-12H,1-3H3. The van der Waals surface area contributed by atoms with Crippen LogP contribution in [0.2, 0.25) is 0 Å². The largest absolute Gasteiger partial charge is 0.508 e. The Labute approximate surface area is 703 Å². The molecule has 0 saturated heterocycles. The van der Waals surface area contributed by atoms with Gasteiger partial charge in [0.05, 0.1) is 80.9 Å². The van der Waals surface area contributed by atoms with Crippen LogP contribution in [0.25, 0.3) is 83.8 Å². The molecule has 6 aromatic heterocycles. The number of ether oxygens (including phenoxy) is 3. The van der Waals surface area contributed by atoms with Crippen LogP contribution in [0.5, 0.6) is 28.7 Å². The maximum Gasteiger partial charge on any atom is 0.488 e. The number of benzene rings is 10. The van der Waals surface area contributed by atoms with Gasteiger partial charge < -0.3 is 29.4 Å². The van der Waals surface area contributed by atoms with Crippen LogP contribution >= 0.6 is 15.9 Å². The third-order valence-electron chi connectivity index (χ3n) is 21.6. The van der Waals surface area contributed by atoms with Crippen molar-refractivity contribution in [3.8, 4) is 90.7 Å². The molecule has 18 heteroatoms. The summed E-state index contributed by atoms with van der Waals surface area (Å²) in [5.74, 6) is 4.33. The van der Waals surface area contributed by atoms with E-state index in [-0.39, 0.29) is 5.75 Å². The highest BCUT2D eigenvalue weighted by molar-refractivity contribution is 9.10. The molecule has 0 aliphatic heterocycles. The summed E-state index contributed by atoms with van der Waals surface area (Å²) in [6.07, 6.45) is 1.86. The third kappa shape index (κ3) is 18.1. The molecule has 6 heterocycles. The topological polar surface area (TPSA) is 177 Å². The number of nitrogens with zero attached hydrogens (tertiary/aromatic N) is 10. The maximum atomic E-state index is 9.74. The Bertz CT molecular complexity index is 6340. The second kappa shape index (κ2) is 36.0. The van der Waals surface area contributed by atoms with Crippen molar-refractivity contribution in [1.29, 1.82) is 0 Å². The third-order valence-corrected chi connectivity index (χ3v) is 22.7. The second-order valence-corrected chi connectivity index (χ2v) is 31.8. The van der Waals surface area contributed by atoms with Gasteiger partial charge in [-0.2, -0.15) is 20.4 Å². The van der Waals surface area contributed by atoms with Gasteiger partial charge >= 0.3 is 7.12 Å². The Balaban J connectivity index is 0.000000146. The number of aryl methyl sites for hydroxylation is 17. The number of aromatic nitrogens is 10. The van der Waals surface area contributed by atoms with E-state index in [2.05, 4.69) is 227 Å². The van der Waals surface area contributed by atoms with Crippen LogP contribution in [0.1, 0.15) is 118 Å². The molecule has 0 fully saturated rings. The Kier molecular flexibility index (Phi) is 26.0. The predicted molar refractivity (Wildman–Crippen MR) is 487 cm³/mol. The first kappa shape index (κ1) is 85.0. The minimum absolute atomic E-state index is 0.249. The maximum absolute atomic E-state index is 9.74. The van der Waals surface area contributed by atoms with Crippen LogP contribution in [0.4, 0.5) is 0 Å². The zero-order valence-corrected chi connectivity index (χ0v) is 73.7. The Morgan fingerprint density at radius 2 is 0.686 bits per heavy atom. The van der Waals surface area contributed by atoms with E-state index in [1.165, 1.54) is 94.4 Å². The lowest BCUT2D eigenvalue weighted by atomic mass is 9.74. The smallest absolute Gasteiger partial charge is 0.488 e. The molecule has 3 N–H and O–H groups in total. The molecule has 16 rings (SSSR count). The highest BCUT2D eigenvalue weighted by Gasteiger charge is 2.24. The van der Waals surface area contributed by atoms with Crippen LogP contribution in [0, 0.1) is 145 Å². The number of fused-ring (bicyclic) bond motifs is 3. The zero-order valence-electron chi connectivity index (χ0n) is 72.1. The molecule has 0 amide bonds. The Hall–Kier alpha value is -12.3. The molecule has 0 spiro atoms. The summed E-state index contributed by atoms with van der Waals surface area (Å²) in [7, 11) is 1.99. The first-order valence-corrected chi connectivity index (χ1v) is 40.4. The van der Waals surface area contributed by atoms with E-state index in [0.29, 0.717) is 5.46 Å². The molecule has 0 aliphatic carbocycles. The van der Waals surface area contributed by atoms with Crippen molar-refractivity contribution in [2.24, 2.45) is 0 Å². The van der Waals surface area contributed by atoms with Crippen LogP contribution in [-0.2, 0) is 0 Å². The summed E-state index contributed by atoms with van der Waals surface area (Å²) in [6, 6.07) is 67.4. The van der Waals surface area contributed by atoms with Gasteiger partial charge in [0.1, 0.15) is 34.6 Å². The number of hydrogen-bond acceptors (Lipinski definition) is 11. The molecule has 0 unspecified atom stereocenters. The van der Waals surface area contributed by atoms with Crippen molar-refractivity contribution >= 4 is 50.3 Å². The lowest BCUT2D eigenvalue weighted by Gasteiger charge is -2.13. The van der Waals surface area contributed by atoms with Gasteiger partial charge in [-0.15, -0.1) is 0 Å². The van der Waals surface area contributed by atoms with Gasteiger partial charge in [0, 0.05) is 81.1 Å². The number of halogens is 1. The van der Waals surface area contributed by atoms with Crippen molar-refractivity contribution in [3.05, 3.63) is 329 Å². The van der Waals surface area contributed by atoms with E-state index in [1.54, 1.807) is 26.4 Å². The van der Waals surface area contributed by atoms with Gasteiger partial charge in [-0.25, -0.2) is 23.7 Å². The predicted octanol–water partition coefficient (Wildman–Crippen LogP) is 23.1. The van der Waals surface area contributed by atoms with E-state index in [0.717, 1.165) is 135 Å². The zero-order chi connectivity index (χ0) is 85.0. The normalized spacial score (nSPS) is 11.0. The van der Waals surface area contributed by atoms with Crippen molar-refractivity contribution in [2.75, 3.05) is 14.2 Å². The first-order valence-electron chi connectivity index (χ1n) is 39.7. The Morgan fingerprint density at radius 3 is 1.08 bits per heavy atom. The molecule has 0 radical (unpaired) electrons. The fraction of sp³-hybridized carbons (Fsp3) is 0.230. The van der Waals surface area contributed by atoms with Crippen molar-refractivity contribution in [2.45, 2.75) is 145 Å². The molecule has 0 aliphatic rings. The van der Waals surface area contributed by atoms with Crippen LogP contribution < -0.4 is 19.7 Å². The SMILES string of the molecule is COc1cccc(-n2nc(C)c(-c3c(C)cc(C)cc3C)c2C)c1.COc1cccc(-n2nc(C)c(Br)c2C)c1.Cc1cc(C)c(-c2c(C)nn(-c3cccc(O)c3)c2C)c(C)c1.Cc1cc(C)c(B(O)O)c(C)c1.Cc1ccnc(-n2c3ccccc3c3ccc(Oc4cccc(-n5nc(C)c(-c6c(C)cc(C)cc6C)c5C)c4)cc32)c1. The van der Waals surface area contributed by atoms with E-state index >= 15 is 0 Å². The fourth-order valence-electron chi connectivity index (χ4n) is 16.8. The minimum Gasteiger partial charge on any atom is -0.508 e. The fourth-order valence-corrected chi connectivity index (χ4v) is 17.0. The number of pyridine rings is 1. The number of hydrogen-bond donors (Lipinski definition) is 3. The van der Waals surface area contributed by atoms with Crippen LogP contribution in [-0.4, -0.2) is 85.2 Å². The van der Waals surface area contributed by atoms with Crippen molar-refractivity contribution in [1.82, 2.24) is 48.7 Å². The molecule has 16 aromatic rings. The molecule has 16 nitrogen and oxygen atoms in total. The lowest BCUT2D eigenvalue weighted by molar-refractivity contribution is 0.414. The van der Waals surface area contributed by atoms with Gasteiger partial charge in [-0.05, 0) is 301 Å². The molecule has 0 atom stereocenters. The average molecular weight is 1630 g/mol. The van der Waals surface area contributed by atoms with Gasteiger partial charge in [0.15, 0.2) is 0 Å². The number of aromatic hydroxyl groups is 1. The quantitative estimate of drug-likeness (QED) is 0.0936. The van der Waals surface area contributed by atoms with Gasteiger partial charge in [0.25, 0.3) is 0 Å². The van der Waals surface area contributed by atoms with Gasteiger partial charge in [-0.1, -0.05) is 124 Å². The minimum atomic E-state index is -1.36. The average Bonchev–Trinajstić information content (AvgIpc) is 1.60. The summed E-state index contributed by atoms with van der Waals surface area (Å²) in [5, 5.41) is 49.1. The highest BCUT2D eigenvalue weighted by atomic mass is 79.9. The molecule has 0 saturated carbocycles. The summed E-state index contributed by atoms with van der Waals surface area (Å²) in [4.78, 5) is 4.71. The molecule has 10 aromatic carbocycles. The number of rotatable bonds is 13. The van der Waals surface area contributed by atoms with Crippen molar-refractivity contribution in [3.63, 3.8) is 0 Å². The van der Waals surface area contributed by atoms with Crippen LogP contribution in [0.3, 0.4) is 0 Å². The van der Waals surface area contributed by atoms with Crippen LogP contribution in [0.15, 0.2) is 211 Å². The first-order chi connectivity index (χ1) is 56.2. The number of phenols is 1. The number of para-hydroxylation sites is 1. The molecule has 602 valence electrons. The molecule has 0 bridgehead atoms. The lowest BCUT2D eigenvalue weighted by Crippen LogP contribution is -2.34. The molecular weight excluding hydrogens is 1530 g/mol. The second-order valence-electron chi connectivity index (χ2n) is 31.0. The van der Waals surface area contributed by atoms with E-state index in [9.17, 15) is 5.11 Å².